The van der Waals surface area contributed by atoms with Crippen LogP contribution in [0.5, 0.6) is 0 Å². The molecule has 108 valence electrons. The van der Waals surface area contributed by atoms with E-state index < -0.39 is 0 Å². The number of aromatic nitrogens is 4. The van der Waals surface area contributed by atoms with Gasteiger partial charge >= 0.3 is 0 Å². The third kappa shape index (κ3) is 3.19. The Balaban J connectivity index is 1.96. The van der Waals surface area contributed by atoms with Crippen LogP contribution in [-0.4, -0.2) is 37.4 Å². The Morgan fingerprint density at radius 1 is 1.50 bits per heavy atom. The number of aryl methyl sites for hydroxylation is 1. The topological polar surface area (TPSA) is 56.0 Å². The molecular weight excluding hydrogens is 278 g/mol. The SMILES string of the molecule is CCn1ccc(CN(C)C(=O)Cn2ncc(Cl)c2C)n1. The highest BCUT2D eigenvalue weighted by atomic mass is 35.5. The van der Waals surface area contributed by atoms with Gasteiger partial charge in [-0.2, -0.15) is 10.2 Å². The van der Waals surface area contributed by atoms with Gasteiger partial charge in [0, 0.05) is 19.8 Å². The van der Waals surface area contributed by atoms with E-state index in [0.717, 1.165) is 17.9 Å². The lowest BCUT2D eigenvalue weighted by Crippen LogP contribution is -2.30. The van der Waals surface area contributed by atoms with Crippen molar-refractivity contribution in [2.24, 2.45) is 0 Å². The maximum absolute atomic E-state index is 12.1. The summed E-state index contributed by atoms with van der Waals surface area (Å²) in [5.41, 5.74) is 1.67. The average Bonchev–Trinajstić information content (AvgIpc) is 3.00. The first-order valence-corrected chi connectivity index (χ1v) is 6.83. The molecule has 7 heteroatoms. The first kappa shape index (κ1) is 14.6. The molecule has 0 aliphatic rings. The summed E-state index contributed by atoms with van der Waals surface area (Å²) in [5, 5.41) is 9.01. The van der Waals surface area contributed by atoms with Crippen LogP contribution < -0.4 is 0 Å². The lowest BCUT2D eigenvalue weighted by Gasteiger charge is -2.16. The molecule has 0 saturated carbocycles. The Morgan fingerprint density at radius 3 is 2.80 bits per heavy atom. The summed E-state index contributed by atoms with van der Waals surface area (Å²) in [6, 6.07) is 1.92. The number of carbonyl (C=O) groups is 1. The first-order chi connectivity index (χ1) is 9.51. The van der Waals surface area contributed by atoms with Gasteiger partial charge < -0.3 is 4.90 Å². The molecule has 2 aromatic heterocycles. The van der Waals surface area contributed by atoms with E-state index in [-0.39, 0.29) is 12.5 Å². The average molecular weight is 296 g/mol. The van der Waals surface area contributed by atoms with Crippen molar-refractivity contribution in [1.82, 2.24) is 24.5 Å². The zero-order valence-electron chi connectivity index (χ0n) is 11.9. The molecule has 1 amide bonds. The quantitative estimate of drug-likeness (QED) is 0.844. The molecule has 6 nitrogen and oxygen atoms in total. The Morgan fingerprint density at radius 2 is 2.25 bits per heavy atom. The second-order valence-corrected chi connectivity index (χ2v) is 5.06. The third-order valence-electron chi connectivity index (χ3n) is 3.17. The van der Waals surface area contributed by atoms with Gasteiger partial charge in [0.15, 0.2) is 0 Å². The Bertz CT molecular complexity index is 604. The van der Waals surface area contributed by atoms with Gasteiger partial charge in [-0.25, -0.2) is 0 Å². The van der Waals surface area contributed by atoms with E-state index in [1.165, 1.54) is 0 Å². The predicted octanol–water partition coefficient (Wildman–Crippen LogP) is 1.72. The van der Waals surface area contributed by atoms with Crippen LogP contribution in [0.3, 0.4) is 0 Å². The van der Waals surface area contributed by atoms with Crippen LogP contribution in [0, 0.1) is 6.92 Å². The Kier molecular flexibility index (Phi) is 4.44. The molecule has 0 radical (unpaired) electrons. The van der Waals surface area contributed by atoms with Gasteiger partial charge in [0.05, 0.1) is 29.2 Å². The number of rotatable bonds is 5. The molecule has 0 aromatic carbocycles. The molecule has 0 aliphatic heterocycles. The van der Waals surface area contributed by atoms with Gasteiger partial charge in [0.1, 0.15) is 6.54 Å². The normalized spacial score (nSPS) is 10.8. The number of hydrogen-bond donors (Lipinski definition) is 0. The maximum atomic E-state index is 12.1. The van der Waals surface area contributed by atoms with E-state index in [4.69, 9.17) is 11.6 Å². The maximum Gasteiger partial charge on any atom is 0.244 e. The highest BCUT2D eigenvalue weighted by Crippen LogP contribution is 2.13. The summed E-state index contributed by atoms with van der Waals surface area (Å²) in [6.07, 6.45) is 3.46. The van der Waals surface area contributed by atoms with E-state index in [0.29, 0.717) is 11.6 Å². The van der Waals surface area contributed by atoms with Crippen molar-refractivity contribution < 1.29 is 4.79 Å². The lowest BCUT2D eigenvalue weighted by atomic mass is 10.4. The summed E-state index contributed by atoms with van der Waals surface area (Å²) in [6.45, 7) is 5.35. The zero-order chi connectivity index (χ0) is 14.7. The Labute approximate surface area is 122 Å². The van der Waals surface area contributed by atoms with E-state index in [2.05, 4.69) is 10.2 Å². The van der Waals surface area contributed by atoms with Crippen LogP contribution in [0.15, 0.2) is 18.5 Å². The molecule has 2 heterocycles. The molecule has 0 atom stereocenters. The fourth-order valence-electron chi connectivity index (χ4n) is 1.83. The van der Waals surface area contributed by atoms with Crippen molar-refractivity contribution in [3.05, 3.63) is 34.9 Å². The van der Waals surface area contributed by atoms with Crippen LogP contribution in [0.1, 0.15) is 18.3 Å². The summed E-state index contributed by atoms with van der Waals surface area (Å²) in [5.74, 6) is -0.0288. The molecule has 0 bridgehead atoms. The van der Waals surface area contributed by atoms with Gasteiger partial charge in [-0.1, -0.05) is 11.6 Å². The summed E-state index contributed by atoms with van der Waals surface area (Å²) < 4.78 is 3.44. The number of likely N-dealkylation sites (N-methyl/N-ethyl adjacent to an activating group) is 1. The van der Waals surface area contributed by atoms with Crippen LogP contribution in [0.2, 0.25) is 5.02 Å². The zero-order valence-corrected chi connectivity index (χ0v) is 12.6. The molecule has 2 rings (SSSR count). The van der Waals surface area contributed by atoms with Crippen LogP contribution in [-0.2, 0) is 24.4 Å². The minimum Gasteiger partial charge on any atom is -0.338 e. The van der Waals surface area contributed by atoms with Gasteiger partial charge in [-0.15, -0.1) is 0 Å². The molecule has 0 spiro atoms. The standard InChI is InChI=1S/C13H18ClN5O/c1-4-18-6-5-11(16-18)8-17(3)13(20)9-19-10(2)12(14)7-15-19/h5-7H,4,8-9H2,1-3H3. The number of carbonyl (C=O) groups excluding carboxylic acids is 1. The van der Waals surface area contributed by atoms with Crippen molar-refractivity contribution in [1.29, 1.82) is 0 Å². The predicted molar refractivity (Wildman–Crippen MR) is 76.3 cm³/mol. The molecule has 20 heavy (non-hydrogen) atoms. The van der Waals surface area contributed by atoms with Crippen LogP contribution in [0.25, 0.3) is 0 Å². The monoisotopic (exact) mass is 295 g/mol. The molecule has 0 aliphatic carbocycles. The second kappa shape index (κ2) is 6.09. The summed E-state index contributed by atoms with van der Waals surface area (Å²) >= 11 is 5.92. The van der Waals surface area contributed by atoms with E-state index in [1.54, 1.807) is 22.8 Å². The van der Waals surface area contributed by atoms with Crippen LogP contribution in [0.4, 0.5) is 0 Å². The highest BCUT2D eigenvalue weighted by molar-refractivity contribution is 6.31. The highest BCUT2D eigenvalue weighted by Gasteiger charge is 2.14. The number of amides is 1. The molecular formula is C13H18ClN5O. The molecule has 2 aromatic rings. The van der Waals surface area contributed by atoms with Gasteiger partial charge in [0.2, 0.25) is 5.91 Å². The fraction of sp³-hybridized carbons (Fsp3) is 0.462. The minimum absolute atomic E-state index is 0.0288. The fourth-order valence-corrected chi connectivity index (χ4v) is 1.97. The van der Waals surface area contributed by atoms with Gasteiger partial charge in [-0.05, 0) is 19.9 Å². The molecule has 0 N–H and O–H groups in total. The van der Waals surface area contributed by atoms with Crippen molar-refractivity contribution in [3.8, 4) is 0 Å². The van der Waals surface area contributed by atoms with E-state index in [9.17, 15) is 4.79 Å². The van der Waals surface area contributed by atoms with E-state index in [1.807, 2.05) is 30.8 Å². The minimum atomic E-state index is -0.0288. The second-order valence-electron chi connectivity index (χ2n) is 4.65. The smallest absolute Gasteiger partial charge is 0.244 e. The van der Waals surface area contributed by atoms with Crippen molar-refractivity contribution in [3.63, 3.8) is 0 Å². The number of halogens is 1. The Hall–Kier alpha value is -1.82. The largest absolute Gasteiger partial charge is 0.338 e. The van der Waals surface area contributed by atoms with Gasteiger partial charge in [-0.3, -0.25) is 14.2 Å². The van der Waals surface area contributed by atoms with E-state index >= 15 is 0 Å². The number of hydrogen-bond acceptors (Lipinski definition) is 3. The van der Waals surface area contributed by atoms with Crippen LogP contribution >= 0.6 is 11.6 Å². The molecule has 0 unspecified atom stereocenters. The number of nitrogens with zero attached hydrogens (tertiary/aromatic N) is 5. The van der Waals surface area contributed by atoms with Gasteiger partial charge in [0.25, 0.3) is 0 Å². The third-order valence-corrected chi connectivity index (χ3v) is 3.54. The molecule has 0 saturated heterocycles. The van der Waals surface area contributed by atoms with Crippen molar-refractivity contribution in [2.75, 3.05) is 7.05 Å². The lowest BCUT2D eigenvalue weighted by molar-refractivity contribution is -0.131. The first-order valence-electron chi connectivity index (χ1n) is 6.45. The van der Waals surface area contributed by atoms with Crippen molar-refractivity contribution in [2.45, 2.75) is 33.5 Å². The molecule has 0 fully saturated rings. The van der Waals surface area contributed by atoms with Crippen molar-refractivity contribution >= 4 is 17.5 Å². The summed E-state index contributed by atoms with van der Waals surface area (Å²) in [4.78, 5) is 13.8. The summed E-state index contributed by atoms with van der Waals surface area (Å²) in [7, 11) is 1.76.